The van der Waals surface area contributed by atoms with Crippen LogP contribution in [0.25, 0.3) is 0 Å². The molecule has 6 heteroatoms. The van der Waals surface area contributed by atoms with E-state index < -0.39 is 6.03 Å². The number of hydrogen-bond acceptors (Lipinski definition) is 4. The van der Waals surface area contributed by atoms with Gasteiger partial charge in [0.15, 0.2) is 0 Å². The zero-order valence-electron chi connectivity index (χ0n) is 15.0. The normalized spacial score (nSPS) is 10.3. The van der Waals surface area contributed by atoms with E-state index in [9.17, 15) is 10.0 Å². The highest BCUT2D eigenvalue weighted by molar-refractivity contribution is 5.90. The minimum Gasteiger partial charge on any atom is -0.497 e. The van der Waals surface area contributed by atoms with E-state index in [1.54, 1.807) is 18.2 Å². The van der Waals surface area contributed by atoms with Gasteiger partial charge in [0.2, 0.25) is 0 Å². The van der Waals surface area contributed by atoms with Gasteiger partial charge in [-0.3, -0.25) is 5.21 Å². The summed E-state index contributed by atoms with van der Waals surface area (Å²) in [4.78, 5) is 11.7. The van der Waals surface area contributed by atoms with Gasteiger partial charge in [-0.1, -0.05) is 19.1 Å². The van der Waals surface area contributed by atoms with Crippen LogP contribution in [0.4, 0.5) is 10.5 Å². The second kappa shape index (κ2) is 8.39. The van der Waals surface area contributed by atoms with Crippen LogP contribution in [0.3, 0.4) is 0 Å². The first-order valence-electron chi connectivity index (χ1n) is 8.10. The van der Waals surface area contributed by atoms with Gasteiger partial charge in [0.1, 0.15) is 18.1 Å². The molecule has 2 aromatic rings. The highest BCUT2D eigenvalue weighted by Gasteiger charge is 2.17. The summed E-state index contributed by atoms with van der Waals surface area (Å²) in [5.74, 6) is 1.30. The van der Waals surface area contributed by atoms with Crippen molar-refractivity contribution >= 4 is 11.7 Å². The van der Waals surface area contributed by atoms with Gasteiger partial charge in [-0.05, 0) is 42.7 Å². The topological polar surface area (TPSA) is 71.0 Å². The molecule has 0 saturated heterocycles. The molecular formula is C19H24N2O4. The molecule has 0 aliphatic carbocycles. The first-order valence-corrected chi connectivity index (χ1v) is 8.10. The van der Waals surface area contributed by atoms with Crippen LogP contribution >= 0.6 is 0 Å². The fraction of sp³-hybridized carbons (Fsp3) is 0.316. The molecule has 0 aliphatic heterocycles. The number of anilines is 1. The molecule has 2 N–H and O–H groups in total. The number of nitrogens with zero attached hydrogens (tertiary/aromatic N) is 1. The highest BCUT2D eigenvalue weighted by Crippen LogP contribution is 2.28. The van der Waals surface area contributed by atoms with E-state index >= 15 is 0 Å². The molecular weight excluding hydrogens is 320 g/mol. The SMILES string of the molecule is CCc1ccc(OCc2ccc(OC)cc2N(O)C(=O)NC)c(C)c1. The number of benzene rings is 2. The van der Waals surface area contributed by atoms with E-state index in [0.717, 1.165) is 17.7 Å². The second-order valence-electron chi connectivity index (χ2n) is 5.60. The Morgan fingerprint density at radius 2 is 2.00 bits per heavy atom. The number of hydrogen-bond donors (Lipinski definition) is 2. The highest BCUT2D eigenvalue weighted by atomic mass is 16.5. The van der Waals surface area contributed by atoms with Gasteiger partial charge < -0.3 is 14.8 Å². The predicted octanol–water partition coefficient (Wildman–Crippen LogP) is 3.68. The minimum atomic E-state index is -0.641. The summed E-state index contributed by atoms with van der Waals surface area (Å²) in [6.45, 7) is 4.31. The molecule has 0 radical (unpaired) electrons. The second-order valence-corrected chi connectivity index (χ2v) is 5.60. The average molecular weight is 344 g/mol. The maximum Gasteiger partial charge on any atom is 0.345 e. The molecule has 134 valence electrons. The number of urea groups is 1. The van der Waals surface area contributed by atoms with Crippen molar-refractivity contribution in [2.45, 2.75) is 26.9 Å². The van der Waals surface area contributed by atoms with Crippen molar-refractivity contribution in [3.05, 3.63) is 53.1 Å². The summed E-state index contributed by atoms with van der Waals surface area (Å²) < 4.78 is 11.1. The van der Waals surface area contributed by atoms with Crippen molar-refractivity contribution in [1.82, 2.24) is 5.32 Å². The molecule has 0 heterocycles. The van der Waals surface area contributed by atoms with Gasteiger partial charge in [-0.15, -0.1) is 0 Å². The number of aryl methyl sites for hydroxylation is 2. The molecule has 0 saturated carbocycles. The maximum absolute atomic E-state index is 11.7. The van der Waals surface area contributed by atoms with E-state index in [1.165, 1.54) is 19.7 Å². The van der Waals surface area contributed by atoms with Crippen LogP contribution in [0, 0.1) is 6.92 Å². The Balaban J connectivity index is 2.25. The lowest BCUT2D eigenvalue weighted by Gasteiger charge is -2.19. The zero-order valence-corrected chi connectivity index (χ0v) is 15.0. The molecule has 0 atom stereocenters. The lowest BCUT2D eigenvalue weighted by molar-refractivity contribution is 0.205. The molecule has 2 aromatic carbocycles. The first-order chi connectivity index (χ1) is 12.0. The van der Waals surface area contributed by atoms with Crippen molar-refractivity contribution in [2.75, 3.05) is 19.2 Å². The Labute approximate surface area is 147 Å². The summed E-state index contributed by atoms with van der Waals surface area (Å²) in [6, 6.07) is 10.5. The smallest absolute Gasteiger partial charge is 0.345 e. The lowest BCUT2D eigenvalue weighted by Crippen LogP contribution is -2.36. The van der Waals surface area contributed by atoms with Crippen LogP contribution in [0.5, 0.6) is 11.5 Å². The van der Waals surface area contributed by atoms with Crippen LogP contribution in [0.1, 0.15) is 23.6 Å². The number of nitrogens with one attached hydrogen (secondary N) is 1. The number of carbonyl (C=O) groups is 1. The molecule has 0 aliphatic rings. The largest absolute Gasteiger partial charge is 0.497 e. The van der Waals surface area contributed by atoms with E-state index in [-0.39, 0.29) is 6.61 Å². The monoisotopic (exact) mass is 344 g/mol. The molecule has 6 nitrogen and oxygen atoms in total. The third-order valence-corrected chi connectivity index (χ3v) is 3.96. The van der Waals surface area contributed by atoms with Crippen molar-refractivity contribution in [2.24, 2.45) is 0 Å². The zero-order chi connectivity index (χ0) is 18.4. The number of hydroxylamine groups is 1. The van der Waals surface area contributed by atoms with Crippen LogP contribution in [-0.4, -0.2) is 25.4 Å². The first kappa shape index (κ1) is 18.6. The van der Waals surface area contributed by atoms with Gasteiger partial charge in [0.25, 0.3) is 0 Å². The molecule has 25 heavy (non-hydrogen) atoms. The maximum atomic E-state index is 11.7. The van der Waals surface area contributed by atoms with Crippen molar-refractivity contribution in [1.29, 1.82) is 0 Å². The van der Waals surface area contributed by atoms with E-state index in [2.05, 4.69) is 18.3 Å². The average Bonchev–Trinajstić information content (AvgIpc) is 2.65. The predicted molar refractivity (Wildman–Crippen MR) is 96.6 cm³/mol. The molecule has 0 fully saturated rings. The summed E-state index contributed by atoms with van der Waals surface area (Å²) in [5, 5.41) is 13.0. The Hall–Kier alpha value is -2.73. The molecule has 2 amide bonds. The van der Waals surface area contributed by atoms with Gasteiger partial charge in [0, 0.05) is 18.7 Å². The van der Waals surface area contributed by atoms with Crippen molar-refractivity contribution in [3.8, 4) is 11.5 Å². The van der Waals surface area contributed by atoms with Crippen molar-refractivity contribution < 1.29 is 19.5 Å². The van der Waals surface area contributed by atoms with Crippen LogP contribution < -0.4 is 19.9 Å². The van der Waals surface area contributed by atoms with Gasteiger partial charge in [-0.2, -0.15) is 5.06 Å². The van der Waals surface area contributed by atoms with Gasteiger partial charge in [-0.25, -0.2) is 4.79 Å². The van der Waals surface area contributed by atoms with Crippen molar-refractivity contribution in [3.63, 3.8) is 0 Å². The summed E-state index contributed by atoms with van der Waals surface area (Å²) >= 11 is 0. The third kappa shape index (κ3) is 4.42. The quantitative estimate of drug-likeness (QED) is 0.619. The van der Waals surface area contributed by atoms with Crippen LogP contribution in [0.2, 0.25) is 0 Å². The summed E-state index contributed by atoms with van der Waals surface area (Å²) in [5.41, 5.74) is 3.25. The molecule has 0 aromatic heterocycles. The summed E-state index contributed by atoms with van der Waals surface area (Å²) in [6.07, 6.45) is 0.968. The lowest BCUT2D eigenvalue weighted by atomic mass is 10.1. The number of amides is 2. The number of ether oxygens (including phenoxy) is 2. The molecule has 0 bridgehead atoms. The number of rotatable bonds is 6. The van der Waals surface area contributed by atoms with Gasteiger partial charge in [0.05, 0.1) is 12.8 Å². The van der Waals surface area contributed by atoms with Gasteiger partial charge >= 0.3 is 6.03 Å². The molecule has 0 spiro atoms. The molecule has 0 unspecified atom stereocenters. The standard InChI is InChI=1S/C19H24N2O4/c1-5-14-6-9-18(13(2)10-14)25-12-15-7-8-16(24-4)11-17(15)21(23)19(22)20-3/h6-11,23H,5,12H2,1-4H3,(H,20,22). The Kier molecular flexibility index (Phi) is 6.25. The Morgan fingerprint density at radius 1 is 1.24 bits per heavy atom. The molecule has 2 rings (SSSR count). The fourth-order valence-electron chi connectivity index (χ4n) is 2.45. The van der Waals surface area contributed by atoms with E-state index in [1.807, 2.05) is 19.1 Å². The minimum absolute atomic E-state index is 0.208. The van der Waals surface area contributed by atoms with E-state index in [0.29, 0.717) is 22.1 Å². The van der Waals surface area contributed by atoms with E-state index in [4.69, 9.17) is 9.47 Å². The Morgan fingerprint density at radius 3 is 2.60 bits per heavy atom. The summed E-state index contributed by atoms with van der Waals surface area (Å²) in [7, 11) is 2.97. The number of carbonyl (C=O) groups excluding carboxylic acids is 1. The Bertz CT molecular complexity index is 746. The number of methoxy groups -OCH3 is 1. The van der Waals surface area contributed by atoms with Crippen LogP contribution in [0.15, 0.2) is 36.4 Å². The van der Waals surface area contributed by atoms with Crippen LogP contribution in [-0.2, 0) is 13.0 Å². The fourth-order valence-corrected chi connectivity index (χ4v) is 2.45. The third-order valence-electron chi connectivity index (χ3n) is 3.96.